The molecule has 6 heteroatoms. The molecule has 0 heterocycles. The second-order valence-electron chi connectivity index (χ2n) is 9.30. The number of unbranched alkanes of at least 4 members (excludes halogenated alkanes) is 9. The zero-order valence-electron chi connectivity index (χ0n) is 19.4. The summed E-state index contributed by atoms with van der Waals surface area (Å²) in [7, 11) is 0.904. The van der Waals surface area contributed by atoms with Crippen LogP contribution in [-0.2, 0) is 4.57 Å². The van der Waals surface area contributed by atoms with Gasteiger partial charge in [0.25, 0.3) is 0 Å². The third-order valence-corrected chi connectivity index (χ3v) is 6.47. The van der Waals surface area contributed by atoms with E-state index < -0.39 is 12.9 Å². The van der Waals surface area contributed by atoms with E-state index in [1.165, 1.54) is 44.9 Å². The average molecular weight is 433 g/mol. The summed E-state index contributed by atoms with van der Waals surface area (Å²) in [6.07, 6.45) is 22.7. The Kier molecular flexibility index (Phi) is 15.1. The number of allylic oxidation sites excluding steroid dienone is 4. The van der Waals surface area contributed by atoms with Gasteiger partial charge in [0.1, 0.15) is 6.54 Å². The fraction of sp³-hybridized carbons (Fsp3) is 0.826. The van der Waals surface area contributed by atoms with Crippen molar-refractivity contribution in [2.75, 3.05) is 27.7 Å². The highest BCUT2D eigenvalue weighted by atomic mass is 31.2. The van der Waals surface area contributed by atoms with Crippen LogP contribution in [0.25, 0.3) is 0 Å². The van der Waals surface area contributed by atoms with Gasteiger partial charge in [0.15, 0.2) is 0 Å². The van der Waals surface area contributed by atoms with Crippen molar-refractivity contribution >= 4 is 7.60 Å². The van der Waals surface area contributed by atoms with Crippen molar-refractivity contribution in [3.05, 3.63) is 24.3 Å². The van der Waals surface area contributed by atoms with Gasteiger partial charge in [0, 0.05) is 0 Å². The molecule has 1 unspecified atom stereocenters. The van der Waals surface area contributed by atoms with Gasteiger partial charge in [0.2, 0.25) is 5.34 Å². The van der Waals surface area contributed by atoms with Gasteiger partial charge in [-0.25, -0.2) is 0 Å². The lowest BCUT2D eigenvalue weighted by molar-refractivity contribution is -0.875. The van der Waals surface area contributed by atoms with E-state index in [9.17, 15) is 19.5 Å². The van der Waals surface area contributed by atoms with Gasteiger partial charge in [-0.3, -0.25) is 4.57 Å². The fourth-order valence-electron chi connectivity index (χ4n) is 3.44. The van der Waals surface area contributed by atoms with Crippen molar-refractivity contribution in [3.63, 3.8) is 0 Å². The van der Waals surface area contributed by atoms with E-state index in [0.29, 0.717) is 10.9 Å². The molecule has 1 atom stereocenters. The molecule has 0 aliphatic rings. The maximum Gasteiger partial charge on any atom is 0.362 e. The van der Waals surface area contributed by atoms with Gasteiger partial charge < -0.3 is 19.4 Å². The van der Waals surface area contributed by atoms with Crippen molar-refractivity contribution in [1.82, 2.24) is 0 Å². The number of hydrogen-bond donors (Lipinski definition) is 3. The Morgan fingerprint density at radius 3 is 1.59 bits per heavy atom. The smallest absolute Gasteiger partial charge is 0.362 e. The van der Waals surface area contributed by atoms with Crippen LogP contribution in [0.3, 0.4) is 0 Å². The predicted molar refractivity (Wildman–Crippen MR) is 124 cm³/mol. The molecule has 0 radical (unpaired) electrons. The quantitative estimate of drug-likeness (QED) is 0.111. The number of quaternary nitrogens is 1. The first kappa shape index (κ1) is 28.5. The van der Waals surface area contributed by atoms with E-state index in [-0.39, 0.29) is 13.0 Å². The Morgan fingerprint density at radius 2 is 1.17 bits per heavy atom. The van der Waals surface area contributed by atoms with Gasteiger partial charge in [-0.2, -0.15) is 0 Å². The molecular weight excluding hydrogens is 385 g/mol. The summed E-state index contributed by atoms with van der Waals surface area (Å²) < 4.78 is 12.0. The van der Waals surface area contributed by atoms with E-state index in [2.05, 4.69) is 31.2 Å². The number of likely N-dealkylation sites (N-methyl/N-ethyl adjacent to an activating group) is 1. The molecule has 0 aromatic carbocycles. The lowest BCUT2D eigenvalue weighted by atomic mass is 10.1. The summed E-state index contributed by atoms with van der Waals surface area (Å²) in [5, 5.41) is 8.55. The zero-order valence-corrected chi connectivity index (χ0v) is 20.2. The highest BCUT2D eigenvalue weighted by Crippen LogP contribution is 2.52. The lowest BCUT2D eigenvalue weighted by Crippen LogP contribution is -2.49. The Hall–Kier alpha value is -0.450. The van der Waals surface area contributed by atoms with Crippen LogP contribution >= 0.6 is 7.60 Å². The first-order valence-electron chi connectivity index (χ1n) is 11.4. The third kappa shape index (κ3) is 16.0. The molecule has 0 saturated carbocycles. The molecule has 0 saturated heterocycles. The Morgan fingerprint density at radius 1 is 0.759 bits per heavy atom. The largest absolute Gasteiger partial charge is 0.373 e. The molecule has 3 N–H and O–H groups in total. The molecule has 5 nitrogen and oxygen atoms in total. The molecule has 0 aromatic heterocycles. The summed E-state index contributed by atoms with van der Waals surface area (Å²) in [5.41, 5.74) is 0. The van der Waals surface area contributed by atoms with Crippen molar-refractivity contribution in [2.45, 2.75) is 95.7 Å². The predicted octanol–water partition coefficient (Wildman–Crippen LogP) is 5.76. The second-order valence-corrected chi connectivity index (χ2v) is 11.2. The van der Waals surface area contributed by atoms with Gasteiger partial charge in [-0.15, -0.1) is 0 Å². The SMILES string of the molecule is CCCCCCC/C=C\CCCC/C=C\CCCC(O)(C[N+](C)(C)C)P(=O)(O)O. The second kappa shape index (κ2) is 15.4. The van der Waals surface area contributed by atoms with Crippen LogP contribution in [0.15, 0.2) is 24.3 Å². The van der Waals surface area contributed by atoms with Gasteiger partial charge in [-0.05, 0) is 57.8 Å². The summed E-state index contributed by atoms with van der Waals surface area (Å²) in [6, 6.07) is 0. The van der Waals surface area contributed by atoms with Crippen molar-refractivity contribution in [2.24, 2.45) is 0 Å². The van der Waals surface area contributed by atoms with Crippen LogP contribution in [0, 0.1) is 0 Å². The summed E-state index contributed by atoms with van der Waals surface area (Å²) >= 11 is 0. The topological polar surface area (TPSA) is 77.8 Å². The van der Waals surface area contributed by atoms with Gasteiger partial charge in [-0.1, -0.05) is 56.9 Å². The monoisotopic (exact) mass is 432 g/mol. The average Bonchev–Trinajstić information content (AvgIpc) is 2.59. The van der Waals surface area contributed by atoms with Gasteiger partial charge >= 0.3 is 7.60 Å². The van der Waals surface area contributed by atoms with Gasteiger partial charge in [0.05, 0.1) is 21.1 Å². The number of aliphatic hydroxyl groups is 1. The molecule has 172 valence electrons. The van der Waals surface area contributed by atoms with Crippen LogP contribution in [0.1, 0.15) is 90.4 Å². The fourth-order valence-corrected chi connectivity index (χ4v) is 4.50. The number of rotatable bonds is 18. The normalized spacial score (nSPS) is 15.4. The zero-order chi connectivity index (χ0) is 22.2. The molecular formula is C23H47NO4P+. The van der Waals surface area contributed by atoms with Crippen molar-refractivity contribution in [3.8, 4) is 0 Å². The standard InChI is InChI=1S/C23H46NO4P/c1-5-6-7-8-9-10-11-12-13-14-15-16-17-18-19-20-21-23(25,29(26,27)28)22-24(2,3)4/h11-12,17-18,25H,5-10,13-16,19-22H2,1-4H3,(H-,26,27,28)/p+1/b12-11-,18-17-. The van der Waals surface area contributed by atoms with E-state index in [4.69, 9.17) is 0 Å². The Labute approximate surface area is 179 Å². The van der Waals surface area contributed by atoms with E-state index in [0.717, 1.165) is 25.7 Å². The van der Waals surface area contributed by atoms with E-state index >= 15 is 0 Å². The van der Waals surface area contributed by atoms with Crippen LogP contribution in [-0.4, -0.2) is 52.4 Å². The maximum atomic E-state index is 11.7. The molecule has 0 fully saturated rings. The minimum Gasteiger partial charge on any atom is -0.373 e. The van der Waals surface area contributed by atoms with Crippen LogP contribution in [0.5, 0.6) is 0 Å². The molecule has 0 spiro atoms. The van der Waals surface area contributed by atoms with E-state index in [1.807, 2.05) is 21.1 Å². The van der Waals surface area contributed by atoms with Crippen LogP contribution in [0.4, 0.5) is 0 Å². The first-order chi connectivity index (χ1) is 13.5. The molecule has 0 bridgehead atoms. The number of hydrogen-bond acceptors (Lipinski definition) is 2. The first-order valence-corrected chi connectivity index (χ1v) is 13.0. The molecule has 0 aromatic rings. The summed E-state index contributed by atoms with van der Waals surface area (Å²) in [4.78, 5) is 19.1. The molecule has 0 amide bonds. The van der Waals surface area contributed by atoms with Crippen molar-refractivity contribution < 1.29 is 23.9 Å². The molecule has 0 rings (SSSR count). The number of nitrogens with zero attached hydrogens (tertiary/aromatic N) is 1. The molecule has 0 aliphatic heterocycles. The highest BCUT2D eigenvalue weighted by Gasteiger charge is 2.48. The molecule has 29 heavy (non-hydrogen) atoms. The highest BCUT2D eigenvalue weighted by molar-refractivity contribution is 7.53. The Bertz CT molecular complexity index is 507. The Balaban J connectivity index is 3.84. The molecule has 0 aliphatic carbocycles. The van der Waals surface area contributed by atoms with Crippen molar-refractivity contribution in [1.29, 1.82) is 0 Å². The summed E-state index contributed by atoms with van der Waals surface area (Å²) in [6.45, 7) is 2.28. The van der Waals surface area contributed by atoms with Crippen LogP contribution < -0.4 is 0 Å². The lowest BCUT2D eigenvalue weighted by Gasteiger charge is -2.35. The van der Waals surface area contributed by atoms with E-state index in [1.54, 1.807) is 0 Å². The minimum absolute atomic E-state index is 0.0350. The maximum absolute atomic E-state index is 11.7. The summed E-state index contributed by atoms with van der Waals surface area (Å²) in [5.74, 6) is 0. The minimum atomic E-state index is -4.56. The third-order valence-electron chi connectivity index (χ3n) is 5.02. The van der Waals surface area contributed by atoms with Crippen LogP contribution in [0.2, 0.25) is 0 Å².